The summed E-state index contributed by atoms with van der Waals surface area (Å²) in [7, 11) is 0. The Hall–Kier alpha value is 0.550. The molecule has 1 aromatic heterocycles. The van der Waals surface area contributed by atoms with Crippen molar-refractivity contribution < 1.29 is 34.7 Å². The Labute approximate surface area is 96.9 Å². The topological polar surface area (TPSA) is 46.0 Å². The van der Waals surface area contributed by atoms with Gasteiger partial charge in [0.05, 0.1) is 6.61 Å². The third-order valence-electron chi connectivity index (χ3n) is 0.921. The van der Waals surface area contributed by atoms with Crippen molar-refractivity contribution in [3.8, 4) is 0 Å². The van der Waals surface area contributed by atoms with Gasteiger partial charge < -0.3 is 17.7 Å². The zero-order valence-electron chi connectivity index (χ0n) is 5.91. The number of hydrogen-bond acceptors (Lipinski definition) is 4. The minimum absolute atomic E-state index is 0. The molecular weight excluding hydrogens is 195 g/mol. The van der Waals surface area contributed by atoms with Gasteiger partial charge >= 0.3 is 29.6 Å². The van der Waals surface area contributed by atoms with E-state index in [1.165, 1.54) is 6.20 Å². The van der Waals surface area contributed by atoms with Gasteiger partial charge in [0, 0.05) is 6.20 Å². The molecule has 1 N–H and O–H groups in total. The summed E-state index contributed by atoms with van der Waals surface area (Å²) < 4.78 is 0. The molecule has 0 saturated heterocycles. The number of aliphatic hydroxyl groups excluding tert-OH is 1. The molecule has 0 aliphatic heterocycles. The van der Waals surface area contributed by atoms with Crippen LogP contribution in [0.25, 0.3) is 0 Å². The van der Waals surface area contributed by atoms with Gasteiger partial charge in [-0.15, -0.1) is 0 Å². The number of nitrogens with zero attached hydrogens (tertiary/aromatic N) is 2. The smallest absolute Gasteiger partial charge is 0.759 e. The summed E-state index contributed by atoms with van der Waals surface area (Å²) in [5.74, 6) is 0. The van der Waals surface area contributed by atoms with Gasteiger partial charge in [0.2, 0.25) is 0 Å². The van der Waals surface area contributed by atoms with Crippen molar-refractivity contribution in [1.29, 1.82) is 0 Å². The zero-order chi connectivity index (χ0) is 7.56. The second kappa shape index (κ2) is 5.24. The van der Waals surface area contributed by atoms with Gasteiger partial charge in [-0.1, -0.05) is 16.6 Å². The Morgan fingerprint density at radius 1 is 1.64 bits per heavy atom. The summed E-state index contributed by atoms with van der Waals surface area (Å²) in [4.78, 5) is 7.45. The molecule has 0 radical (unpaired) electrons. The van der Waals surface area contributed by atoms with E-state index < -0.39 is 0 Å². The SMILES string of the molecule is OCc1nc([S-])cnc1Cl.[Na+]. The van der Waals surface area contributed by atoms with Gasteiger partial charge in [0.25, 0.3) is 0 Å². The molecule has 0 bridgehead atoms. The first-order valence-electron chi connectivity index (χ1n) is 2.53. The van der Waals surface area contributed by atoms with E-state index in [1.807, 2.05) is 0 Å². The molecule has 54 valence electrons. The van der Waals surface area contributed by atoms with Crippen molar-refractivity contribution in [3.05, 3.63) is 17.0 Å². The van der Waals surface area contributed by atoms with Crippen LogP contribution in [0.2, 0.25) is 5.15 Å². The normalized spacial score (nSPS) is 8.91. The van der Waals surface area contributed by atoms with Crippen LogP contribution in [0.15, 0.2) is 11.2 Å². The van der Waals surface area contributed by atoms with E-state index in [4.69, 9.17) is 16.7 Å². The molecule has 0 aromatic carbocycles. The summed E-state index contributed by atoms with van der Waals surface area (Å²) >= 11 is 10.2. The molecule has 0 saturated carbocycles. The number of aromatic nitrogens is 2. The summed E-state index contributed by atoms with van der Waals surface area (Å²) in [5.41, 5.74) is 0.328. The van der Waals surface area contributed by atoms with Crippen LogP contribution in [0, 0.1) is 0 Å². The van der Waals surface area contributed by atoms with E-state index in [0.29, 0.717) is 10.7 Å². The van der Waals surface area contributed by atoms with Gasteiger partial charge in [-0.2, -0.15) is 0 Å². The van der Waals surface area contributed by atoms with Crippen molar-refractivity contribution in [2.24, 2.45) is 0 Å². The quantitative estimate of drug-likeness (QED) is 0.402. The summed E-state index contributed by atoms with van der Waals surface area (Å²) in [6.45, 7) is -0.226. The Balaban J connectivity index is 0.000001000. The average Bonchev–Trinajstić information content (AvgIpc) is 1.94. The van der Waals surface area contributed by atoms with Crippen LogP contribution in [0.1, 0.15) is 5.69 Å². The van der Waals surface area contributed by atoms with Gasteiger partial charge in [0.1, 0.15) is 5.69 Å². The van der Waals surface area contributed by atoms with Crippen molar-refractivity contribution >= 4 is 24.2 Å². The maximum Gasteiger partial charge on any atom is 1.00 e. The molecule has 0 atom stereocenters. The largest absolute Gasteiger partial charge is 1.00 e. The number of rotatable bonds is 1. The van der Waals surface area contributed by atoms with Crippen LogP contribution >= 0.6 is 11.6 Å². The fourth-order valence-corrected chi connectivity index (χ4v) is 0.809. The molecule has 0 spiro atoms. The predicted molar refractivity (Wildman–Crippen MR) is 38.6 cm³/mol. The number of hydrogen-bond donors (Lipinski definition) is 1. The van der Waals surface area contributed by atoms with Gasteiger partial charge in [-0.25, -0.2) is 4.98 Å². The maximum atomic E-state index is 8.61. The summed E-state index contributed by atoms with van der Waals surface area (Å²) in [6.07, 6.45) is 1.37. The van der Waals surface area contributed by atoms with E-state index in [2.05, 4.69) is 22.6 Å². The van der Waals surface area contributed by atoms with Crippen molar-refractivity contribution in [3.63, 3.8) is 0 Å². The van der Waals surface area contributed by atoms with E-state index in [9.17, 15) is 0 Å². The first-order valence-corrected chi connectivity index (χ1v) is 3.32. The molecule has 0 aliphatic rings. The van der Waals surface area contributed by atoms with E-state index >= 15 is 0 Å². The Bertz CT molecular complexity index is 248. The molecule has 1 rings (SSSR count). The van der Waals surface area contributed by atoms with Crippen molar-refractivity contribution in [2.45, 2.75) is 11.6 Å². The molecular formula is C5H4ClN2NaOS. The molecule has 1 heterocycles. The molecule has 0 unspecified atom stereocenters. The monoisotopic (exact) mass is 198 g/mol. The Kier molecular flexibility index (Phi) is 5.50. The summed E-state index contributed by atoms with van der Waals surface area (Å²) in [6, 6.07) is 0. The second-order valence-electron chi connectivity index (χ2n) is 1.60. The van der Waals surface area contributed by atoms with Crippen LogP contribution in [0.4, 0.5) is 0 Å². The van der Waals surface area contributed by atoms with Gasteiger partial charge in [-0.05, 0) is 0 Å². The predicted octanol–water partition coefficient (Wildman–Crippen LogP) is -2.47. The van der Waals surface area contributed by atoms with E-state index in [1.54, 1.807) is 0 Å². The van der Waals surface area contributed by atoms with Crippen LogP contribution in [-0.2, 0) is 19.2 Å². The number of aliphatic hydroxyl groups is 1. The fourth-order valence-electron chi connectivity index (χ4n) is 0.495. The first-order chi connectivity index (χ1) is 4.74. The van der Waals surface area contributed by atoms with E-state index in [-0.39, 0.29) is 41.3 Å². The maximum absolute atomic E-state index is 8.61. The second-order valence-corrected chi connectivity index (χ2v) is 2.38. The van der Waals surface area contributed by atoms with Crippen LogP contribution in [0.5, 0.6) is 0 Å². The minimum Gasteiger partial charge on any atom is -0.759 e. The molecule has 3 nitrogen and oxygen atoms in total. The minimum atomic E-state index is -0.226. The van der Waals surface area contributed by atoms with Crippen molar-refractivity contribution in [2.75, 3.05) is 0 Å². The molecule has 1 aromatic rings. The van der Waals surface area contributed by atoms with Gasteiger partial charge in [-0.3, -0.25) is 4.98 Å². The molecule has 0 amide bonds. The zero-order valence-corrected chi connectivity index (χ0v) is 9.48. The average molecular weight is 199 g/mol. The Morgan fingerprint density at radius 3 is 2.73 bits per heavy atom. The molecule has 0 aliphatic carbocycles. The van der Waals surface area contributed by atoms with Gasteiger partial charge in [0.15, 0.2) is 5.15 Å². The van der Waals surface area contributed by atoms with Crippen LogP contribution in [-0.4, -0.2) is 15.1 Å². The first kappa shape index (κ1) is 11.6. The summed E-state index contributed by atoms with van der Waals surface area (Å²) in [5, 5.41) is 9.16. The molecule has 6 heteroatoms. The van der Waals surface area contributed by atoms with Crippen LogP contribution in [0.3, 0.4) is 0 Å². The third-order valence-corrected chi connectivity index (χ3v) is 1.43. The molecule has 0 fully saturated rings. The van der Waals surface area contributed by atoms with Crippen LogP contribution < -0.4 is 29.6 Å². The molecule has 11 heavy (non-hydrogen) atoms. The third kappa shape index (κ3) is 3.19. The standard InChI is InChI=1S/C5H5ClN2OS.Na/c6-5-3(2-9)8-4(10)1-7-5;/h1,9H,2H2,(H,8,10);/q;+1/p-1. The Morgan fingerprint density at radius 2 is 2.27 bits per heavy atom. The van der Waals surface area contributed by atoms with E-state index in [0.717, 1.165) is 0 Å². The fraction of sp³-hybridized carbons (Fsp3) is 0.200. The number of halogens is 1. The van der Waals surface area contributed by atoms with Crippen molar-refractivity contribution in [1.82, 2.24) is 9.97 Å².